The highest BCUT2D eigenvalue weighted by molar-refractivity contribution is 6.23. The van der Waals surface area contributed by atoms with E-state index in [1.54, 1.807) is 0 Å². The van der Waals surface area contributed by atoms with Crippen molar-refractivity contribution in [1.82, 2.24) is 5.32 Å². The first kappa shape index (κ1) is 23.4. The molecule has 0 aliphatic carbocycles. The van der Waals surface area contributed by atoms with E-state index in [-0.39, 0.29) is 6.17 Å². The smallest absolute Gasteiger partial charge is 0.169 e. The van der Waals surface area contributed by atoms with Gasteiger partial charge in [0.05, 0.1) is 0 Å². The number of nitrogens with one attached hydrogen (secondary N) is 1. The third-order valence-corrected chi connectivity index (χ3v) is 7.72. The molecule has 1 unspecified atom stereocenters. The molecule has 7 aromatic rings. The Kier molecular flexibility index (Phi) is 5.49. The molecule has 0 bridgehead atoms. The van der Waals surface area contributed by atoms with Crippen molar-refractivity contribution in [1.29, 1.82) is 0 Å². The quantitative estimate of drug-likeness (QED) is 0.248. The summed E-state index contributed by atoms with van der Waals surface area (Å²) in [4.78, 5) is 10.1. The number of hydrogen-bond donors (Lipinski definition) is 1. The SMILES string of the molecule is c1ccc(C2=NC(c3ccccc3)N=C(c3cccc4oc5cc(-c6ccc7ccccc7c6)ccc5c34)N2)cc1. The van der Waals surface area contributed by atoms with E-state index in [0.29, 0.717) is 0 Å². The second-order valence-corrected chi connectivity index (χ2v) is 10.3. The number of amidine groups is 2. The van der Waals surface area contributed by atoms with Crippen molar-refractivity contribution in [3.63, 3.8) is 0 Å². The maximum Gasteiger partial charge on any atom is 0.169 e. The molecule has 4 heteroatoms. The van der Waals surface area contributed by atoms with Crippen LogP contribution >= 0.6 is 0 Å². The zero-order chi connectivity index (χ0) is 27.2. The second kappa shape index (κ2) is 9.61. The number of benzene rings is 6. The highest BCUT2D eigenvalue weighted by Gasteiger charge is 2.23. The highest BCUT2D eigenvalue weighted by atomic mass is 16.3. The minimum atomic E-state index is -0.351. The van der Waals surface area contributed by atoms with Gasteiger partial charge in [-0.15, -0.1) is 0 Å². The normalized spacial score (nSPS) is 15.1. The van der Waals surface area contributed by atoms with E-state index in [4.69, 9.17) is 14.4 Å². The first-order valence-electron chi connectivity index (χ1n) is 13.8. The van der Waals surface area contributed by atoms with Crippen LogP contribution in [0, 0.1) is 0 Å². The molecule has 0 saturated carbocycles. The summed E-state index contributed by atoms with van der Waals surface area (Å²) in [7, 11) is 0. The molecular weight excluding hydrogens is 502 g/mol. The number of aliphatic imine (C=N–C) groups is 2. The molecule has 0 amide bonds. The Bertz CT molecular complexity index is 2120. The van der Waals surface area contributed by atoms with Crippen LogP contribution in [0.2, 0.25) is 0 Å². The standard InChI is InChI=1S/C37H25N3O/c1-3-11-25(12-4-1)35-38-36(26-13-5-2-6-14-26)40-37(39-35)31-16-9-17-32-34(31)30-21-20-29(23-33(30)41-32)28-19-18-24-10-7-8-15-27(24)22-28/h1-23,35H,(H,38,39,40). The molecule has 1 N–H and O–H groups in total. The van der Waals surface area contributed by atoms with E-state index < -0.39 is 0 Å². The molecule has 0 spiro atoms. The summed E-state index contributed by atoms with van der Waals surface area (Å²) in [5, 5.41) is 8.11. The van der Waals surface area contributed by atoms with E-state index in [9.17, 15) is 0 Å². The number of nitrogens with zero attached hydrogens (tertiary/aromatic N) is 2. The van der Waals surface area contributed by atoms with Gasteiger partial charge in [0.15, 0.2) is 6.17 Å². The lowest BCUT2D eigenvalue weighted by molar-refractivity contribution is 0.669. The van der Waals surface area contributed by atoms with Crippen LogP contribution < -0.4 is 5.32 Å². The van der Waals surface area contributed by atoms with Crippen LogP contribution in [-0.4, -0.2) is 11.7 Å². The fourth-order valence-corrected chi connectivity index (χ4v) is 5.68. The van der Waals surface area contributed by atoms with E-state index in [0.717, 1.165) is 55.9 Å². The Hall–Kier alpha value is -5.48. The molecule has 1 aromatic heterocycles. The van der Waals surface area contributed by atoms with Gasteiger partial charge in [-0.25, -0.2) is 9.98 Å². The lowest BCUT2D eigenvalue weighted by Gasteiger charge is -2.22. The lowest BCUT2D eigenvalue weighted by atomic mass is 9.99. The maximum absolute atomic E-state index is 6.44. The zero-order valence-electron chi connectivity index (χ0n) is 22.2. The van der Waals surface area contributed by atoms with Gasteiger partial charge in [-0.3, -0.25) is 0 Å². The summed E-state index contributed by atoms with van der Waals surface area (Å²) in [5.74, 6) is 1.58. The van der Waals surface area contributed by atoms with E-state index >= 15 is 0 Å². The van der Waals surface area contributed by atoms with E-state index in [1.807, 2.05) is 48.5 Å². The molecule has 1 aliphatic rings. The van der Waals surface area contributed by atoms with Crippen LogP contribution in [0.15, 0.2) is 154 Å². The first-order valence-corrected chi connectivity index (χ1v) is 13.8. The Morgan fingerprint density at radius 1 is 0.512 bits per heavy atom. The Morgan fingerprint density at radius 3 is 2.07 bits per heavy atom. The molecule has 2 heterocycles. The van der Waals surface area contributed by atoms with Crippen LogP contribution in [0.1, 0.15) is 22.9 Å². The molecule has 8 rings (SSSR count). The predicted octanol–water partition coefficient (Wildman–Crippen LogP) is 8.90. The van der Waals surface area contributed by atoms with Crippen molar-refractivity contribution in [2.24, 2.45) is 9.98 Å². The van der Waals surface area contributed by atoms with Crippen molar-refractivity contribution in [2.75, 3.05) is 0 Å². The second-order valence-electron chi connectivity index (χ2n) is 10.3. The van der Waals surface area contributed by atoms with Gasteiger partial charge >= 0.3 is 0 Å². The van der Waals surface area contributed by atoms with Gasteiger partial charge in [-0.2, -0.15) is 0 Å². The number of furan rings is 1. The van der Waals surface area contributed by atoms with Gasteiger partial charge in [0.1, 0.15) is 22.8 Å². The molecule has 41 heavy (non-hydrogen) atoms. The number of fused-ring (bicyclic) bond motifs is 4. The summed E-state index contributed by atoms with van der Waals surface area (Å²) in [6.45, 7) is 0. The fraction of sp³-hybridized carbons (Fsp3) is 0.0270. The van der Waals surface area contributed by atoms with Crippen LogP contribution in [-0.2, 0) is 0 Å². The third-order valence-electron chi connectivity index (χ3n) is 7.72. The minimum absolute atomic E-state index is 0.351. The van der Waals surface area contributed by atoms with Crippen molar-refractivity contribution in [3.05, 3.63) is 156 Å². The van der Waals surface area contributed by atoms with Gasteiger partial charge in [0.25, 0.3) is 0 Å². The molecule has 1 aliphatic heterocycles. The lowest BCUT2D eigenvalue weighted by Crippen LogP contribution is -2.36. The molecule has 0 fully saturated rings. The Balaban J connectivity index is 1.26. The maximum atomic E-state index is 6.44. The summed E-state index contributed by atoms with van der Waals surface area (Å²) in [5.41, 5.74) is 7.03. The number of rotatable bonds is 4. The molecule has 0 radical (unpaired) electrons. The summed E-state index contributed by atoms with van der Waals surface area (Å²) >= 11 is 0. The van der Waals surface area contributed by atoms with Gasteiger partial charge in [-0.05, 0) is 51.7 Å². The minimum Gasteiger partial charge on any atom is -0.456 e. The molecule has 1 atom stereocenters. The van der Waals surface area contributed by atoms with Crippen molar-refractivity contribution < 1.29 is 4.42 Å². The van der Waals surface area contributed by atoms with Crippen molar-refractivity contribution in [2.45, 2.75) is 6.17 Å². The van der Waals surface area contributed by atoms with Crippen LogP contribution in [0.25, 0.3) is 43.8 Å². The molecule has 194 valence electrons. The Morgan fingerprint density at radius 2 is 1.22 bits per heavy atom. The average Bonchev–Trinajstić information content (AvgIpc) is 3.43. The first-order chi connectivity index (χ1) is 20.3. The molecule has 0 saturated heterocycles. The summed E-state index contributed by atoms with van der Waals surface area (Å²) < 4.78 is 6.44. The topological polar surface area (TPSA) is 49.9 Å². The molecule has 6 aromatic carbocycles. The predicted molar refractivity (Wildman–Crippen MR) is 168 cm³/mol. The number of hydrogen-bond acceptors (Lipinski definition) is 4. The monoisotopic (exact) mass is 527 g/mol. The van der Waals surface area contributed by atoms with Gasteiger partial charge in [0.2, 0.25) is 0 Å². The third kappa shape index (κ3) is 4.17. The van der Waals surface area contributed by atoms with Crippen molar-refractivity contribution >= 4 is 44.4 Å². The molecular formula is C37H25N3O. The van der Waals surface area contributed by atoms with E-state index in [2.05, 4.69) is 96.3 Å². The van der Waals surface area contributed by atoms with E-state index in [1.165, 1.54) is 16.3 Å². The Labute approximate surface area is 237 Å². The van der Waals surface area contributed by atoms with Gasteiger partial charge < -0.3 is 9.73 Å². The average molecular weight is 528 g/mol. The highest BCUT2D eigenvalue weighted by Crippen LogP contribution is 2.36. The molecule has 4 nitrogen and oxygen atoms in total. The summed E-state index contributed by atoms with van der Waals surface area (Å²) in [6.07, 6.45) is -0.351. The van der Waals surface area contributed by atoms with Crippen LogP contribution in [0.5, 0.6) is 0 Å². The zero-order valence-corrected chi connectivity index (χ0v) is 22.2. The van der Waals surface area contributed by atoms with Crippen LogP contribution in [0.3, 0.4) is 0 Å². The van der Waals surface area contributed by atoms with Crippen LogP contribution in [0.4, 0.5) is 0 Å². The van der Waals surface area contributed by atoms with Gasteiger partial charge in [0, 0.05) is 21.9 Å². The largest absolute Gasteiger partial charge is 0.456 e. The summed E-state index contributed by atoms with van der Waals surface area (Å²) in [6, 6.07) is 48.1. The van der Waals surface area contributed by atoms with Crippen molar-refractivity contribution in [3.8, 4) is 11.1 Å². The van der Waals surface area contributed by atoms with Gasteiger partial charge in [-0.1, -0.05) is 115 Å². The fourth-order valence-electron chi connectivity index (χ4n) is 5.68.